The Balaban J connectivity index is 0.000000188. The van der Waals surface area contributed by atoms with Crippen molar-refractivity contribution in [1.29, 1.82) is 5.41 Å². The van der Waals surface area contributed by atoms with Crippen LogP contribution in [0.1, 0.15) is 16.7 Å². The molecule has 5 N–H and O–H groups in total. The summed E-state index contributed by atoms with van der Waals surface area (Å²) in [7, 11) is 0. The van der Waals surface area contributed by atoms with E-state index in [4.69, 9.17) is 16.9 Å². The normalized spacial score (nSPS) is 11.1. The average molecular weight is 691 g/mol. The molecule has 0 saturated heterocycles. The van der Waals surface area contributed by atoms with E-state index >= 15 is 0 Å². The Kier molecular flexibility index (Phi) is 8.96. The molecule has 0 amide bonds. The number of rotatable bonds is 3. The van der Waals surface area contributed by atoms with E-state index in [1.165, 1.54) is 80.3 Å². The van der Waals surface area contributed by atoms with Gasteiger partial charge in [-0.05, 0) is 58.3 Å². The van der Waals surface area contributed by atoms with Crippen LogP contribution in [-0.4, -0.2) is 10.4 Å². The van der Waals surface area contributed by atoms with Gasteiger partial charge in [-0.15, -0.1) is 11.3 Å². The molecule has 52 heavy (non-hydrogen) atoms. The SMILES string of the molecule is Cc1ccc(-n2c3ccccc3c3c4ccc5ccccc5c4c4c5ccccc5sc4c32)cc1.N=C(N)c1ccccc1.NCc1ccccc1. The van der Waals surface area contributed by atoms with Crippen molar-refractivity contribution in [3.8, 4) is 5.69 Å². The molecule has 10 rings (SSSR count). The smallest absolute Gasteiger partial charge is 0.122 e. The summed E-state index contributed by atoms with van der Waals surface area (Å²) in [5.41, 5.74) is 17.6. The van der Waals surface area contributed by atoms with Gasteiger partial charge in [0.05, 0.1) is 15.7 Å². The van der Waals surface area contributed by atoms with Crippen LogP contribution in [0, 0.1) is 12.3 Å². The van der Waals surface area contributed by atoms with E-state index in [9.17, 15) is 0 Å². The summed E-state index contributed by atoms with van der Waals surface area (Å²) in [6, 6.07) is 59.4. The van der Waals surface area contributed by atoms with Crippen molar-refractivity contribution in [1.82, 2.24) is 4.57 Å². The lowest BCUT2D eigenvalue weighted by Crippen LogP contribution is -2.10. The maximum Gasteiger partial charge on any atom is 0.122 e. The topological polar surface area (TPSA) is 80.8 Å². The Morgan fingerprint density at radius 1 is 0.577 bits per heavy atom. The van der Waals surface area contributed by atoms with Crippen LogP contribution >= 0.6 is 11.3 Å². The maximum atomic E-state index is 7.01. The summed E-state index contributed by atoms with van der Waals surface area (Å²) in [4.78, 5) is 0. The fourth-order valence-corrected chi connectivity index (χ4v) is 8.38. The van der Waals surface area contributed by atoms with E-state index in [2.05, 4.69) is 121 Å². The molecule has 252 valence electrons. The lowest BCUT2D eigenvalue weighted by Gasteiger charge is -2.12. The van der Waals surface area contributed by atoms with E-state index in [0.29, 0.717) is 6.54 Å². The molecule has 2 heterocycles. The Hall–Kier alpha value is -6.27. The van der Waals surface area contributed by atoms with Crippen LogP contribution in [0.5, 0.6) is 0 Å². The number of hydrogen-bond donors (Lipinski definition) is 3. The number of hydrogen-bond acceptors (Lipinski definition) is 3. The molecule has 0 spiro atoms. The number of fused-ring (bicyclic) bond motifs is 12. The van der Waals surface area contributed by atoms with Crippen LogP contribution in [0.25, 0.3) is 69.2 Å². The Bertz CT molecular complexity index is 2850. The highest BCUT2D eigenvalue weighted by molar-refractivity contribution is 7.27. The van der Waals surface area contributed by atoms with Gasteiger partial charge in [0.2, 0.25) is 0 Å². The summed E-state index contributed by atoms with van der Waals surface area (Å²) in [5, 5.41) is 17.7. The molecule has 10 aromatic rings. The highest BCUT2D eigenvalue weighted by Crippen LogP contribution is 2.49. The molecule has 0 saturated carbocycles. The number of nitrogens with two attached hydrogens (primary N) is 2. The Morgan fingerprint density at radius 2 is 1.19 bits per heavy atom. The second kappa shape index (κ2) is 14.2. The van der Waals surface area contributed by atoms with Crippen molar-refractivity contribution >= 4 is 80.7 Å². The van der Waals surface area contributed by atoms with Gasteiger partial charge in [-0.1, -0.05) is 151 Å². The predicted octanol–water partition coefficient (Wildman–Crippen LogP) is 11.9. The molecule has 0 radical (unpaired) electrons. The molecule has 5 heteroatoms. The van der Waals surface area contributed by atoms with Gasteiger partial charge in [0.15, 0.2) is 0 Å². The van der Waals surface area contributed by atoms with Crippen LogP contribution in [-0.2, 0) is 6.54 Å². The first-order chi connectivity index (χ1) is 25.5. The van der Waals surface area contributed by atoms with Crippen LogP contribution in [0.2, 0.25) is 0 Å². The molecular formula is C47H38N4S. The number of nitrogens with one attached hydrogen (secondary N) is 1. The Morgan fingerprint density at radius 3 is 1.87 bits per heavy atom. The van der Waals surface area contributed by atoms with E-state index in [1.807, 2.05) is 72.0 Å². The summed E-state index contributed by atoms with van der Waals surface area (Å²) in [5.74, 6) is 0.121. The summed E-state index contributed by atoms with van der Waals surface area (Å²) < 4.78 is 5.18. The zero-order valence-corrected chi connectivity index (χ0v) is 29.7. The lowest BCUT2D eigenvalue weighted by atomic mass is 9.94. The average Bonchev–Trinajstić information content (AvgIpc) is 3.76. The number of nitrogen functional groups attached to an aromatic ring is 1. The number of benzene rings is 8. The number of aromatic nitrogens is 1. The molecule has 0 unspecified atom stereocenters. The minimum atomic E-state index is 0.121. The third-order valence-electron chi connectivity index (χ3n) is 9.59. The minimum absolute atomic E-state index is 0.121. The fourth-order valence-electron chi connectivity index (χ4n) is 7.13. The molecule has 0 bridgehead atoms. The van der Waals surface area contributed by atoms with Crippen LogP contribution in [0.4, 0.5) is 0 Å². The van der Waals surface area contributed by atoms with E-state index in [-0.39, 0.29) is 5.84 Å². The van der Waals surface area contributed by atoms with Gasteiger partial charge in [0.25, 0.3) is 0 Å². The predicted molar refractivity (Wildman–Crippen MR) is 225 cm³/mol. The third kappa shape index (κ3) is 5.96. The lowest BCUT2D eigenvalue weighted by molar-refractivity contribution is 1.07. The van der Waals surface area contributed by atoms with Gasteiger partial charge < -0.3 is 16.0 Å². The van der Waals surface area contributed by atoms with Gasteiger partial charge in [0.1, 0.15) is 5.84 Å². The zero-order chi connectivity index (χ0) is 35.6. The molecular weight excluding hydrogens is 653 g/mol. The largest absolute Gasteiger partial charge is 0.384 e. The van der Waals surface area contributed by atoms with E-state index < -0.39 is 0 Å². The van der Waals surface area contributed by atoms with Gasteiger partial charge in [-0.25, -0.2) is 0 Å². The number of thiophene rings is 1. The maximum absolute atomic E-state index is 7.01. The van der Waals surface area contributed by atoms with Crippen molar-refractivity contribution in [3.05, 3.63) is 187 Å². The zero-order valence-electron chi connectivity index (χ0n) is 28.9. The monoisotopic (exact) mass is 690 g/mol. The molecule has 0 aliphatic rings. The summed E-state index contributed by atoms with van der Waals surface area (Å²) >= 11 is 1.92. The van der Waals surface area contributed by atoms with Gasteiger partial charge >= 0.3 is 0 Å². The van der Waals surface area contributed by atoms with E-state index in [0.717, 1.165) is 5.56 Å². The van der Waals surface area contributed by atoms with Crippen molar-refractivity contribution in [2.24, 2.45) is 11.5 Å². The van der Waals surface area contributed by atoms with Crippen molar-refractivity contribution in [2.45, 2.75) is 13.5 Å². The first kappa shape index (κ1) is 32.9. The van der Waals surface area contributed by atoms with Crippen LogP contribution in [0.3, 0.4) is 0 Å². The molecule has 0 atom stereocenters. The first-order valence-electron chi connectivity index (χ1n) is 17.4. The molecule has 8 aromatic carbocycles. The van der Waals surface area contributed by atoms with Gasteiger partial charge in [-0.2, -0.15) is 0 Å². The number of nitrogens with zero attached hydrogens (tertiary/aromatic N) is 1. The Labute approximate surface area is 306 Å². The van der Waals surface area contributed by atoms with Crippen molar-refractivity contribution in [2.75, 3.05) is 0 Å². The molecule has 4 nitrogen and oxygen atoms in total. The van der Waals surface area contributed by atoms with Gasteiger partial charge in [-0.3, -0.25) is 5.41 Å². The first-order valence-corrected chi connectivity index (χ1v) is 18.2. The van der Waals surface area contributed by atoms with Crippen molar-refractivity contribution < 1.29 is 0 Å². The highest BCUT2D eigenvalue weighted by Gasteiger charge is 2.22. The van der Waals surface area contributed by atoms with Crippen LogP contribution in [0.15, 0.2) is 170 Å². The number of amidine groups is 1. The third-order valence-corrected chi connectivity index (χ3v) is 10.8. The standard InChI is InChI=1S/C33H21NS.C7H8N2.C7H9N/c1-20-14-17-22(18-15-20)34-27-12-6-4-10-24(27)30-26-19-16-21-8-2-3-9-23(21)29(26)31-25-11-5-7-13-28(25)35-33(31)32(30)34;8-7(9)6-4-2-1-3-5-6;8-6-7-4-2-1-3-5-7/h2-19H,1H3;1-5H,(H3,8,9);1-5H,6,8H2. The molecule has 2 aromatic heterocycles. The second-order valence-electron chi connectivity index (χ2n) is 12.9. The molecule has 0 fully saturated rings. The quantitative estimate of drug-likeness (QED) is 0.0980. The van der Waals surface area contributed by atoms with E-state index in [1.54, 1.807) is 0 Å². The number of para-hydroxylation sites is 1. The van der Waals surface area contributed by atoms with Crippen LogP contribution < -0.4 is 11.5 Å². The number of aryl methyl sites for hydroxylation is 1. The highest BCUT2D eigenvalue weighted by atomic mass is 32.1. The van der Waals surface area contributed by atoms with Gasteiger partial charge in [0, 0.05) is 44.0 Å². The fraction of sp³-hybridized carbons (Fsp3) is 0.0426. The minimum Gasteiger partial charge on any atom is -0.384 e. The van der Waals surface area contributed by atoms with Crippen molar-refractivity contribution in [3.63, 3.8) is 0 Å². The molecule has 0 aliphatic heterocycles. The second-order valence-corrected chi connectivity index (χ2v) is 13.9. The molecule has 0 aliphatic carbocycles. The summed E-state index contributed by atoms with van der Waals surface area (Å²) in [6.45, 7) is 2.79. The summed E-state index contributed by atoms with van der Waals surface area (Å²) in [6.07, 6.45) is 0.